The number of hydrogen-bond donors (Lipinski definition) is 3. The summed E-state index contributed by atoms with van der Waals surface area (Å²) in [5.74, 6) is 0. The maximum absolute atomic E-state index is 12.1. The van der Waals surface area contributed by atoms with Crippen LogP contribution in [0.2, 0.25) is 0 Å². The molecule has 5 nitrogen and oxygen atoms in total. The minimum atomic E-state index is -3.55. The molecular weight excluding hydrogens is 264 g/mol. The van der Waals surface area contributed by atoms with Crippen molar-refractivity contribution in [1.82, 2.24) is 4.72 Å². The van der Waals surface area contributed by atoms with Crippen molar-refractivity contribution in [3.63, 3.8) is 0 Å². The number of benzene rings is 1. The number of nitrogens with two attached hydrogens (primary N) is 1. The zero-order chi connectivity index (χ0) is 14.1. The van der Waals surface area contributed by atoms with E-state index in [0.717, 1.165) is 24.8 Å². The molecule has 0 atom stereocenters. The highest BCUT2D eigenvalue weighted by Gasteiger charge is 2.42. The van der Waals surface area contributed by atoms with Gasteiger partial charge < -0.3 is 10.8 Å². The lowest BCUT2D eigenvalue weighted by Gasteiger charge is -2.14. The number of nitrogen functional groups attached to an aromatic ring is 1. The predicted octanol–water partition coefficient (Wildman–Crippen LogP) is 0.882. The fourth-order valence-corrected chi connectivity index (χ4v) is 3.15. The van der Waals surface area contributed by atoms with Gasteiger partial charge in [-0.25, -0.2) is 13.1 Å². The zero-order valence-electron chi connectivity index (χ0n) is 11.0. The smallest absolute Gasteiger partial charge is 0.240 e. The summed E-state index contributed by atoms with van der Waals surface area (Å²) in [5, 5.41) is 9.18. The van der Waals surface area contributed by atoms with Gasteiger partial charge in [0.25, 0.3) is 0 Å². The van der Waals surface area contributed by atoms with Crippen molar-refractivity contribution >= 4 is 15.7 Å². The van der Waals surface area contributed by atoms with Crippen molar-refractivity contribution in [2.24, 2.45) is 5.41 Å². The molecule has 6 heteroatoms. The number of aryl methyl sites for hydroxylation is 1. The highest BCUT2D eigenvalue weighted by molar-refractivity contribution is 7.89. The topological polar surface area (TPSA) is 92.4 Å². The number of aliphatic hydroxyl groups is 1. The van der Waals surface area contributed by atoms with Crippen molar-refractivity contribution in [3.8, 4) is 0 Å². The monoisotopic (exact) mass is 284 g/mol. The van der Waals surface area contributed by atoms with Crippen LogP contribution in [0.5, 0.6) is 0 Å². The third kappa shape index (κ3) is 3.08. The highest BCUT2D eigenvalue weighted by atomic mass is 32.2. The first-order valence-corrected chi connectivity index (χ1v) is 7.90. The van der Waals surface area contributed by atoms with E-state index in [-0.39, 0.29) is 23.5 Å². The third-order valence-electron chi connectivity index (χ3n) is 3.74. The molecule has 0 bridgehead atoms. The Labute approximate surface area is 113 Å². The lowest BCUT2D eigenvalue weighted by Crippen LogP contribution is -2.32. The molecular formula is C13H20N2O3S. The lowest BCUT2D eigenvalue weighted by molar-refractivity contribution is 0.213. The van der Waals surface area contributed by atoms with E-state index in [2.05, 4.69) is 4.72 Å². The maximum Gasteiger partial charge on any atom is 0.240 e. The Morgan fingerprint density at radius 3 is 2.58 bits per heavy atom. The molecule has 1 aromatic carbocycles. The summed E-state index contributed by atoms with van der Waals surface area (Å²) in [6.07, 6.45) is 2.50. The Morgan fingerprint density at radius 2 is 2.11 bits per heavy atom. The van der Waals surface area contributed by atoms with Crippen molar-refractivity contribution in [3.05, 3.63) is 23.8 Å². The summed E-state index contributed by atoms with van der Waals surface area (Å²) in [4.78, 5) is 0.177. The Bertz CT molecular complexity index is 565. The largest absolute Gasteiger partial charge is 0.398 e. The van der Waals surface area contributed by atoms with Gasteiger partial charge >= 0.3 is 0 Å². The number of nitrogens with one attached hydrogen (secondary N) is 1. The van der Waals surface area contributed by atoms with E-state index in [9.17, 15) is 13.5 Å². The van der Waals surface area contributed by atoms with Crippen LogP contribution in [-0.4, -0.2) is 26.7 Å². The van der Waals surface area contributed by atoms with E-state index in [4.69, 9.17) is 5.73 Å². The van der Waals surface area contributed by atoms with Crippen LogP contribution >= 0.6 is 0 Å². The first kappa shape index (κ1) is 14.3. The van der Waals surface area contributed by atoms with E-state index in [1.165, 1.54) is 6.07 Å². The summed E-state index contributed by atoms with van der Waals surface area (Å²) in [7, 11) is -3.55. The van der Waals surface area contributed by atoms with Gasteiger partial charge in [0.2, 0.25) is 10.0 Å². The molecule has 4 N–H and O–H groups in total. The molecule has 0 heterocycles. The van der Waals surface area contributed by atoms with Gasteiger partial charge in [-0.3, -0.25) is 0 Å². The van der Waals surface area contributed by atoms with Gasteiger partial charge in [0.15, 0.2) is 0 Å². The minimum Gasteiger partial charge on any atom is -0.398 e. The highest BCUT2D eigenvalue weighted by Crippen LogP contribution is 2.44. The molecule has 0 radical (unpaired) electrons. The normalized spacial score (nSPS) is 17.4. The average molecular weight is 284 g/mol. The molecule has 106 valence electrons. The second-order valence-corrected chi connectivity index (χ2v) is 6.96. The van der Waals surface area contributed by atoms with Crippen LogP contribution in [0.1, 0.15) is 25.3 Å². The summed E-state index contributed by atoms with van der Waals surface area (Å²) in [5.41, 5.74) is 7.00. The lowest BCUT2D eigenvalue weighted by atomic mass is 10.1. The molecule has 1 saturated carbocycles. The van der Waals surface area contributed by atoms with Crippen LogP contribution in [0.3, 0.4) is 0 Å². The molecule has 0 spiro atoms. The van der Waals surface area contributed by atoms with Crippen LogP contribution in [0.15, 0.2) is 23.1 Å². The molecule has 0 saturated heterocycles. The molecule has 1 aliphatic carbocycles. The first-order valence-electron chi connectivity index (χ1n) is 6.41. The quantitative estimate of drug-likeness (QED) is 0.676. The predicted molar refractivity (Wildman–Crippen MR) is 74.2 cm³/mol. The molecule has 2 rings (SSSR count). The Hall–Kier alpha value is -1.11. The number of anilines is 1. The molecule has 0 amide bonds. The van der Waals surface area contributed by atoms with Crippen molar-refractivity contribution in [2.75, 3.05) is 18.9 Å². The summed E-state index contributed by atoms with van der Waals surface area (Å²) in [6, 6.07) is 4.79. The number of aliphatic hydroxyl groups excluding tert-OH is 1. The average Bonchev–Trinajstić information content (AvgIpc) is 3.17. The van der Waals surface area contributed by atoms with E-state index >= 15 is 0 Å². The van der Waals surface area contributed by atoms with Gasteiger partial charge in [0, 0.05) is 24.3 Å². The van der Waals surface area contributed by atoms with Crippen molar-refractivity contribution in [2.45, 2.75) is 31.1 Å². The molecule has 19 heavy (non-hydrogen) atoms. The summed E-state index contributed by atoms with van der Waals surface area (Å²) >= 11 is 0. The van der Waals surface area contributed by atoms with Gasteiger partial charge in [-0.15, -0.1) is 0 Å². The number of sulfonamides is 1. The summed E-state index contributed by atoms with van der Waals surface area (Å²) in [6.45, 7) is 2.27. The van der Waals surface area contributed by atoms with Gasteiger partial charge in [-0.05, 0) is 37.0 Å². The molecule has 0 aromatic heterocycles. The number of hydrogen-bond acceptors (Lipinski definition) is 4. The number of rotatable bonds is 6. The van der Waals surface area contributed by atoms with Gasteiger partial charge in [0.05, 0.1) is 4.90 Å². The van der Waals surface area contributed by atoms with Gasteiger partial charge in [-0.1, -0.05) is 13.0 Å². The van der Waals surface area contributed by atoms with Crippen molar-refractivity contribution in [1.29, 1.82) is 0 Å². The van der Waals surface area contributed by atoms with Crippen molar-refractivity contribution < 1.29 is 13.5 Å². The van der Waals surface area contributed by atoms with Gasteiger partial charge in [-0.2, -0.15) is 0 Å². The second-order valence-electron chi connectivity index (χ2n) is 5.20. The summed E-state index contributed by atoms with van der Waals surface area (Å²) < 4.78 is 26.8. The van der Waals surface area contributed by atoms with Crippen LogP contribution in [0, 0.1) is 5.41 Å². The van der Waals surface area contributed by atoms with Crippen LogP contribution < -0.4 is 10.5 Å². The van der Waals surface area contributed by atoms with Crippen LogP contribution in [0.25, 0.3) is 0 Å². The Balaban J connectivity index is 2.13. The fraction of sp³-hybridized carbons (Fsp3) is 0.538. The van der Waals surface area contributed by atoms with E-state index in [1.807, 2.05) is 6.92 Å². The minimum absolute atomic E-state index is 0.0203. The SMILES string of the molecule is CCc1ccc(S(=O)(=O)NCC2(CO)CC2)cc1N. The van der Waals surface area contributed by atoms with E-state index in [1.54, 1.807) is 12.1 Å². The van der Waals surface area contributed by atoms with Gasteiger partial charge in [0.1, 0.15) is 0 Å². The third-order valence-corrected chi connectivity index (χ3v) is 5.14. The van der Waals surface area contributed by atoms with Crippen LogP contribution in [-0.2, 0) is 16.4 Å². The van der Waals surface area contributed by atoms with Crippen LogP contribution in [0.4, 0.5) is 5.69 Å². The molecule has 1 fully saturated rings. The maximum atomic E-state index is 12.1. The Morgan fingerprint density at radius 1 is 1.42 bits per heavy atom. The van der Waals surface area contributed by atoms with E-state index in [0.29, 0.717) is 5.69 Å². The zero-order valence-corrected chi connectivity index (χ0v) is 11.8. The Kier molecular flexibility index (Phi) is 3.85. The molecule has 0 aliphatic heterocycles. The second kappa shape index (κ2) is 5.11. The fourth-order valence-electron chi connectivity index (χ4n) is 1.96. The standard InChI is InChI=1S/C13H20N2O3S/c1-2-10-3-4-11(7-12(10)14)19(17,18)15-8-13(9-16)5-6-13/h3-4,7,15-16H,2,5-6,8-9,14H2,1H3. The first-order chi connectivity index (χ1) is 8.92. The molecule has 1 aromatic rings. The molecule has 1 aliphatic rings. The van der Waals surface area contributed by atoms with E-state index < -0.39 is 10.0 Å². The molecule has 0 unspecified atom stereocenters.